The number of carboxylic acids is 1. The summed E-state index contributed by atoms with van der Waals surface area (Å²) in [5, 5.41) is 17.4. The summed E-state index contributed by atoms with van der Waals surface area (Å²) >= 11 is 0. The number of aliphatic carboxylic acids is 1. The lowest BCUT2D eigenvalue weighted by molar-refractivity contribution is -0.141. The minimum Gasteiger partial charge on any atom is -0.481 e. The average molecular weight is 459 g/mol. The molecule has 1 amide bonds. The molecular formula is C22H30N6O5. The number of carbonyl (C=O) groups is 2. The van der Waals surface area contributed by atoms with E-state index in [1.165, 1.54) is 6.42 Å². The second kappa shape index (κ2) is 9.72. The van der Waals surface area contributed by atoms with Crippen molar-refractivity contribution in [2.24, 2.45) is 18.9 Å². The highest BCUT2D eigenvalue weighted by atomic mass is 16.6. The Morgan fingerprint density at radius 2 is 2.06 bits per heavy atom. The average Bonchev–Trinajstić information content (AvgIpc) is 3.37. The molecule has 0 spiro atoms. The third-order valence-electron chi connectivity index (χ3n) is 6.50. The normalized spacial score (nSPS) is 20.3. The van der Waals surface area contributed by atoms with E-state index in [0.29, 0.717) is 60.4 Å². The molecule has 2 aromatic rings. The van der Waals surface area contributed by atoms with Crippen LogP contribution in [0.2, 0.25) is 0 Å². The maximum Gasteiger partial charge on any atom is 0.409 e. The van der Waals surface area contributed by atoms with E-state index in [1.807, 2.05) is 0 Å². The van der Waals surface area contributed by atoms with Gasteiger partial charge in [0.25, 0.3) is 0 Å². The van der Waals surface area contributed by atoms with Crippen LogP contribution < -0.4 is 4.74 Å². The number of aromatic nitrogens is 5. The number of nitrogens with zero attached hydrogens (tertiary/aromatic N) is 6. The van der Waals surface area contributed by atoms with E-state index in [2.05, 4.69) is 20.3 Å². The van der Waals surface area contributed by atoms with Crippen LogP contribution in [-0.2, 0) is 23.2 Å². The molecule has 2 aliphatic rings. The molecule has 2 atom stereocenters. The molecule has 33 heavy (non-hydrogen) atoms. The molecule has 0 radical (unpaired) electrons. The van der Waals surface area contributed by atoms with Crippen molar-refractivity contribution in [1.82, 2.24) is 29.9 Å². The Balaban J connectivity index is 1.40. The van der Waals surface area contributed by atoms with Crippen LogP contribution in [0.4, 0.5) is 4.79 Å². The number of carboxylic acid groups (broad SMARTS) is 1. The maximum atomic E-state index is 12.4. The van der Waals surface area contributed by atoms with Crippen LogP contribution in [0.1, 0.15) is 49.9 Å². The zero-order chi connectivity index (χ0) is 23.5. The van der Waals surface area contributed by atoms with E-state index in [1.54, 1.807) is 36.8 Å². The first-order valence-corrected chi connectivity index (χ1v) is 11.3. The summed E-state index contributed by atoms with van der Waals surface area (Å²) in [6, 6.07) is 0. The number of hydrogen-bond acceptors (Lipinski definition) is 8. The molecule has 0 saturated heterocycles. The van der Waals surface area contributed by atoms with Gasteiger partial charge in [0.15, 0.2) is 0 Å². The molecule has 1 unspecified atom stereocenters. The molecule has 2 heterocycles. The fourth-order valence-electron chi connectivity index (χ4n) is 4.24. The molecule has 2 fully saturated rings. The molecule has 0 aliphatic heterocycles. The molecule has 2 aliphatic carbocycles. The first kappa shape index (κ1) is 22.9. The third-order valence-corrected chi connectivity index (χ3v) is 6.50. The Morgan fingerprint density at radius 3 is 2.70 bits per heavy atom. The van der Waals surface area contributed by atoms with Gasteiger partial charge >= 0.3 is 12.1 Å². The highest BCUT2D eigenvalue weighted by Crippen LogP contribution is 2.30. The smallest absolute Gasteiger partial charge is 0.409 e. The van der Waals surface area contributed by atoms with E-state index in [0.717, 1.165) is 12.8 Å². The Labute approximate surface area is 192 Å². The number of amides is 1. The molecule has 2 saturated carbocycles. The van der Waals surface area contributed by atoms with Gasteiger partial charge in [0.05, 0.1) is 12.1 Å². The lowest BCUT2D eigenvalue weighted by Gasteiger charge is -2.29. The Kier molecular flexibility index (Phi) is 6.75. The molecule has 178 valence electrons. The highest BCUT2D eigenvalue weighted by molar-refractivity contribution is 5.70. The number of rotatable bonds is 8. The van der Waals surface area contributed by atoms with Crippen LogP contribution in [0.25, 0.3) is 11.4 Å². The molecule has 11 heteroatoms. The topological polar surface area (TPSA) is 133 Å². The van der Waals surface area contributed by atoms with Crippen molar-refractivity contribution in [2.45, 2.75) is 58.2 Å². The van der Waals surface area contributed by atoms with Crippen LogP contribution in [0.3, 0.4) is 0 Å². The van der Waals surface area contributed by atoms with Crippen molar-refractivity contribution < 1.29 is 24.2 Å². The van der Waals surface area contributed by atoms with Crippen molar-refractivity contribution >= 4 is 12.1 Å². The predicted octanol–water partition coefficient (Wildman–Crippen LogP) is 2.58. The summed E-state index contributed by atoms with van der Waals surface area (Å²) in [4.78, 5) is 34.1. The summed E-state index contributed by atoms with van der Waals surface area (Å²) in [5.41, 5.74) is 2.17. The summed E-state index contributed by atoms with van der Waals surface area (Å²) in [6.45, 7) is 2.50. The Hall–Kier alpha value is -3.24. The molecule has 1 N–H and O–H groups in total. The van der Waals surface area contributed by atoms with Gasteiger partial charge in [0, 0.05) is 20.6 Å². The van der Waals surface area contributed by atoms with Crippen molar-refractivity contribution in [3.63, 3.8) is 0 Å². The predicted molar refractivity (Wildman–Crippen MR) is 116 cm³/mol. The van der Waals surface area contributed by atoms with Crippen molar-refractivity contribution in [3.8, 4) is 17.3 Å². The molecule has 4 rings (SSSR count). The van der Waals surface area contributed by atoms with Gasteiger partial charge in [0.2, 0.25) is 5.88 Å². The number of hydrogen-bond donors (Lipinski definition) is 1. The molecule has 0 aromatic carbocycles. The second-order valence-electron chi connectivity index (χ2n) is 8.97. The monoisotopic (exact) mass is 458 g/mol. The van der Waals surface area contributed by atoms with E-state index in [-0.39, 0.29) is 24.7 Å². The van der Waals surface area contributed by atoms with Gasteiger partial charge < -0.3 is 19.5 Å². The van der Waals surface area contributed by atoms with Gasteiger partial charge in [0.1, 0.15) is 35.5 Å². The van der Waals surface area contributed by atoms with E-state index >= 15 is 0 Å². The van der Waals surface area contributed by atoms with E-state index in [4.69, 9.17) is 9.47 Å². The third kappa shape index (κ3) is 5.23. The van der Waals surface area contributed by atoms with E-state index in [9.17, 15) is 14.7 Å². The van der Waals surface area contributed by atoms with Crippen molar-refractivity contribution in [2.75, 3.05) is 13.6 Å². The van der Waals surface area contributed by atoms with Crippen molar-refractivity contribution in [1.29, 1.82) is 0 Å². The minimum atomic E-state index is -0.788. The largest absolute Gasteiger partial charge is 0.481 e. The summed E-state index contributed by atoms with van der Waals surface area (Å²) in [6.07, 6.45) is 6.27. The zero-order valence-corrected chi connectivity index (χ0v) is 19.2. The SMILES string of the molecule is Cc1nc(-c2nnn(C)c2COC(=O)N(C)CC2CCC2)cnc1OC1CC[C@H](C(=O)O)C1. The molecular weight excluding hydrogens is 428 g/mol. The van der Waals surface area contributed by atoms with Gasteiger partial charge in [-0.25, -0.2) is 19.4 Å². The lowest BCUT2D eigenvalue weighted by atomic mass is 9.85. The second-order valence-corrected chi connectivity index (χ2v) is 8.97. The van der Waals surface area contributed by atoms with Gasteiger partial charge in [-0.3, -0.25) is 4.79 Å². The van der Waals surface area contributed by atoms with Crippen LogP contribution in [0.15, 0.2) is 6.20 Å². The van der Waals surface area contributed by atoms with Crippen LogP contribution in [0, 0.1) is 18.8 Å². The zero-order valence-electron chi connectivity index (χ0n) is 19.2. The van der Waals surface area contributed by atoms with Crippen molar-refractivity contribution in [3.05, 3.63) is 17.6 Å². The maximum absolute atomic E-state index is 12.4. The summed E-state index contributed by atoms with van der Waals surface area (Å²) < 4.78 is 13.0. The molecule has 11 nitrogen and oxygen atoms in total. The van der Waals surface area contributed by atoms with Crippen LogP contribution in [-0.4, -0.2) is 66.7 Å². The first-order chi connectivity index (χ1) is 15.8. The highest BCUT2D eigenvalue weighted by Gasteiger charge is 2.31. The van der Waals surface area contributed by atoms with Gasteiger partial charge in [-0.2, -0.15) is 0 Å². The van der Waals surface area contributed by atoms with Crippen LogP contribution >= 0.6 is 0 Å². The lowest BCUT2D eigenvalue weighted by Crippen LogP contribution is -2.34. The number of ether oxygens (including phenoxy) is 2. The molecule has 2 aromatic heterocycles. The Bertz CT molecular complexity index is 1020. The fourth-order valence-corrected chi connectivity index (χ4v) is 4.24. The fraction of sp³-hybridized carbons (Fsp3) is 0.636. The summed E-state index contributed by atoms with van der Waals surface area (Å²) in [7, 11) is 3.48. The molecule has 0 bridgehead atoms. The van der Waals surface area contributed by atoms with E-state index < -0.39 is 5.97 Å². The quantitative estimate of drug-likeness (QED) is 0.633. The van der Waals surface area contributed by atoms with Crippen LogP contribution in [0.5, 0.6) is 5.88 Å². The van der Waals surface area contributed by atoms with Gasteiger partial charge in [-0.05, 0) is 44.9 Å². The minimum absolute atomic E-state index is 0.0182. The standard InChI is InChI=1S/C22H30N6O5/c1-13-20(33-16-8-7-15(9-16)21(29)30)23-10-17(24-13)19-18(28(3)26-25-19)12-32-22(31)27(2)11-14-5-4-6-14/h10,14-16H,4-9,11-12H2,1-3H3,(H,29,30)/t15-,16?/m0/s1. The number of carbonyl (C=O) groups excluding carboxylic acids is 1. The number of aryl methyl sites for hydroxylation is 2. The first-order valence-electron chi connectivity index (χ1n) is 11.3. The van der Waals surface area contributed by atoms with Gasteiger partial charge in [-0.15, -0.1) is 5.10 Å². The van der Waals surface area contributed by atoms with Gasteiger partial charge in [-0.1, -0.05) is 11.6 Å². The summed E-state index contributed by atoms with van der Waals surface area (Å²) in [5.74, 6) is -0.219. The Morgan fingerprint density at radius 1 is 1.27 bits per heavy atom.